The van der Waals surface area contributed by atoms with Crippen LogP contribution < -0.4 is 16.0 Å². The van der Waals surface area contributed by atoms with Gasteiger partial charge >= 0.3 is 0 Å². The van der Waals surface area contributed by atoms with Crippen LogP contribution in [0.1, 0.15) is 5.56 Å². The number of ether oxygens (including phenoxy) is 1. The lowest BCUT2D eigenvalue weighted by Crippen LogP contribution is -2.13. The number of rotatable bonds is 4. The van der Waals surface area contributed by atoms with E-state index in [1.807, 2.05) is 35.1 Å². The van der Waals surface area contributed by atoms with Crippen LogP contribution in [0.15, 0.2) is 41.1 Å². The number of methoxy groups -OCH3 is 1. The molecule has 3 N–H and O–H groups in total. The molecule has 0 saturated heterocycles. The number of anilines is 1. The first-order chi connectivity index (χ1) is 10.2. The normalized spacial score (nSPS) is 10.8. The highest BCUT2D eigenvalue weighted by atomic mass is 79.9. The molecule has 7 heteroatoms. The first-order valence-electron chi connectivity index (χ1n) is 6.32. The number of benzene rings is 1. The van der Waals surface area contributed by atoms with Crippen molar-refractivity contribution in [2.45, 2.75) is 6.54 Å². The maximum absolute atomic E-state index is 5.59. The van der Waals surface area contributed by atoms with Gasteiger partial charge in [-0.25, -0.2) is 10.8 Å². The number of nitrogens with two attached hydrogens (primary N) is 1. The van der Waals surface area contributed by atoms with Crippen molar-refractivity contribution in [3.63, 3.8) is 0 Å². The van der Waals surface area contributed by atoms with Crippen molar-refractivity contribution in [2.75, 3.05) is 12.5 Å². The van der Waals surface area contributed by atoms with E-state index in [1.165, 1.54) is 0 Å². The Morgan fingerprint density at radius 3 is 2.90 bits per heavy atom. The van der Waals surface area contributed by atoms with E-state index in [9.17, 15) is 0 Å². The van der Waals surface area contributed by atoms with Crippen molar-refractivity contribution in [3.05, 3.63) is 46.7 Å². The van der Waals surface area contributed by atoms with Crippen LogP contribution >= 0.6 is 15.9 Å². The summed E-state index contributed by atoms with van der Waals surface area (Å²) >= 11 is 3.38. The highest BCUT2D eigenvalue weighted by Gasteiger charge is 2.08. The van der Waals surface area contributed by atoms with Gasteiger partial charge in [-0.1, -0.05) is 0 Å². The van der Waals surface area contributed by atoms with Gasteiger partial charge in [0.1, 0.15) is 11.6 Å². The van der Waals surface area contributed by atoms with Gasteiger partial charge in [0.15, 0.2) is 0 Å². The van der Waals surface area contributed by atoms with E-state index in [4.69, 9.17) is 10.6 Å². The number of halogens is 1. The highest BCUT2D eigenvalue weighted by molar-refractivity contribution is 9.10. The Morgan fingerprint density at radius 2 is 2.24 bits per heavy atom. The lowest BCUT2D eigenvalue weighted by atomic mass is 10.1. The second-order valence-electron chi connectivity index (χ2n) is 4.56. The first-order valence-corrected chi connectivity index (χ1v) is 7.11. The summed E-state index contributed by atoms with van der Waals surface area (Å²) in [4.78, 5) is 4.54. The zero-order valence-corrected chi connectivity index (χ0v) is 13.0. The molecule has 21 heavy (non-hydrogen) atoms. The molecule has 108 valence electrons. The summed E-state index contributed by atoms with van der Waals surface area (Å²) in [5.41, 5.74) is 4.44. The average Bonchev–Trinajstić information content (AvgIpc) is 2.91. The summed E-state index contributed by atoms with van der Waals surface area (Å²) in [5.74, 6) is 6.98. The van der Waals surface area contributed by atoms with E-state index < -0.39 is 0 Å². The number of nitrogens with zero attached hydrogens (tertiary/aromatic N) is 3. The van der Waals surface area contributed by atoms with Gasteiger partial charge in [-0.15, -0.1) is 0 Å². The fourth-order valence-corrected chi connectivity index (χ4v) is 2.49. The lowest BCUT2D eigenvalue weighted by molar-refractivity contribution is 0.415. The standard InChI is InChI=1S/C14H14BrN5O/c1-21-12-3-2-9-4-10(7-20-8-11(15)6-17-20)14(19-16)18-13(9)5-12/h2-6,8H,7,16H2,1H3,(H,18,19). The molecular formula is C14H14BrN5O. The number of nitrogens with one attached hydrogen (secondary N) is 1. The number of fused-ring (bicyclic) bond motifs is 1. The molecule has 0 aliphatic rings. The minimum atomic E-state index is 0.583. The summed E-state index contributed by atoms with van der Waals surface area (Å²) in [7, 11) is 1.63. The second kappa shape index (κ2) is 5.71. The van der Waals surface area contributed by atoms with Gasteiger partial charge in [0.25, 0.3) is 0 Å². The molecule has 2 aromatic heterocycles. The maximum Gasteiger partial charge on any atom is 0.145 e. The van der Waals surface area contributed by atoms with Crippen molar-refractivity contribution < 1.29 is 4.74 Å². The molecule has 0 atom stereocenters. The van der Waals surface area contributed by atoms with Crippen molar-refractivity contribution in [1.29, 1.82) is 0 Å². The van der Waals surface area contributed by atoms with Crippen LogP contribution in [-0.4, -0.2) is 21.9 Å². The number of hydrogen-bond acceptors (Lipinski definition) is 5. The SMILES string of the molecule is COc1ccc2cc(Cn3cc(Br)cn3)c(NN)nc2c1. The smallest absolute Gasteiger partial charge is 0.145 e. The first kappa shape index (κ1) is 13.8. The molecule has 3 rings (SSSR count). The van der Waals surface area contributed by atoms with Crippen molar-refractivity contribution >= 4 is 32.7 Å². The molecule has 0 unspecified atom stereocenters. The molecule has 0 aliphatic carbocycles. The van der Waals surface area contributed by atoms with E-state index in [2.05, 4.69) is 31.4 Å². The average molecular weight is 348 g/mol. The Kier molecular flexibility index (Phi) is 3.76. The minimum Gasteiger partial charge on any atom is -0.497 e. The van der Waals surface area contributed by atoms with E-state index in [0.717, 1.165) is 26.7 Å². The van der Waals surface area contributed by atoms with Crippen LogP contribution in [-0.2, 0) is 6.54 Å². The molecule has 6 nitrogen and oxygen atoms in total. The van der Waals surface area contributed by atoms with Crippen molar-refractivity contribution in [2.24, 2.45) is 5.84 Å². The maximum atomic E-state index is 5.59. The number of nitrogen functional groups attached to an aromatic ring is 1. The zero-order chi connectivity index (χ0) is 14.8. The van der Waals surface area contributed by atoms with Gasteiger partial charge < -0.3 is 10.2 Å². The summed E-state index contributed by atoms with van der Waals surface area (Å²) in [6, 6.07) is 7.81. The molecule has 0 saturated carbocycles. The summed E-state index contributed by atoms with van der Waals surface area (Å²) in [6.07, 6.45) is 3.65. The van der Waals surface area contributed by atoms with Gasteiger partial charge in [0.05, 0.1) is 29.8 Å². The molecule has 0 fully saturated rings. The molecule has 2 heterocycles. The van der Waals surface area contributed by atoms with Crippen molar-refractivity contribution in [3.8, 4) is 5.75 Å². The molecule has 1 aromatic carbocycles. The van der Waals surface area contributed by atoms with E-state index in [0.29, 0.717) is 12.4 Å². The molecular weight excluding hydrogens is 334 g/mol. The Morgan fingerprint density at radius 1 is 1.38 bits per heavy atom. The Labute approximate surface area is 130 Å². The largest absolute Gasteiger partial charge is 0.497 e. The number of pyridine rings is 1. The van der Waals surface area contributed by atoms with Gasteiger partial charge in [-0.2, -0.15) is 5.10 Å². The summed E-state index contributed by atoms with van der Waals surface area (Å²) < 4.78 is 7.96. The highest BCUT2D eigenvalue weighted by Crippen LogP contribution is 2.24. The van der Waals surface area contributed by atoms with Gasteiger partial charge in [0.2, 0.25) is 0 Å². The van der Waals surface area contributed by atoms with Crippen molar-refractivity contribution in [1.82, 2.24) is 14.8 Å². The summed E-state index contributed by atoms with van der Waals surface area (Å²) in [5, 5.41) is 5.27. The van der Waals surface area contributed by atoms with Crippen LogP contribution in [0, 0.1) is 0 Å². The second-order valence-corrected chi connectivity index (χ2v) is 5.47. The number of hydrazine groups is 1. The quantitative estimate of drug-likeness (QED) is 0.560. The fourth-order valence-electron chi connectivity index (χ4n) is 2.16. The minimum absolute atomic E-state index is 0.583. The Bertz CT molecular complexity index is 786. The van der Waals surface area contributed by atoms with Crippen LogP contribution in [0.4, 0.5) is 5.82 Å². The Hall–Kier alpha value is -2.12. The van der Waals surface area contributed by atoms with Crippen LogP contribution in [0.25, 0.3) is 10.9 Å². The fraction of sp³-hybridized carbons (Fsp3) is 0.143. The monoisotopic (exact) mass is 347 g/mol. The topological polar surface area (TPSA) is 78.0 Å². The molecule has 0 amide bonds. The van der Waals surface area contributed by atoms with Gasteiger partial charge in [-0.3, -0.25) is 4.68 Å². The summed E-state index contributed by atoms with van der Waals surface area (Å²) in [6.45, 7) is 0.583. The molecule has 0 bridgehead atoms. The predicted octanol–water partition coefficient (Wildman–Crippen LogP) is 2.54. The number of aromatic nitrogens is 3. The molecule has 3 aromatic rings. The van der Waals surface area contributed by atoms with Crippen LogP contribution in [0.2, 0.25) is 0 Å². The number of hydrogen-bond donors (Lipinski definition) is 2. The third-order valence-electron chi connectivity index (χ3n) is 3.17. The van der Waals surface area contributed by atoms with Gasteiger partial charge in [-0.05, 0) is 34.1 Å². The molecule has 0 aliphatic heterocycles. The predicted molar refractivity (Wildman–Crippen MR) is 85.1 cm³/mol. The Balaban J connectivity index is 2.04. The van der Waals surface area contributed by atoms with Gasteiger partial charge in [0, 0.05) is 23.2 Å². The van der Waals surface area contributed by atoms with E-state index >= 15 is 0 Å². The van der Waals surface area contributed by atoms with E-state index in [-0.39, 0.29) is 0 Å². The molecule has 0 radical (unpaired) electrons. The molecule has 0 spiro atoms. The van der Waals surface area contributed by atoms with Crippen LogP contribution in [0.5, 0.6) is 5.75 Å². The third kappa shape index (κ3) is 2.84. The van der Waals surface area contributed by atoms with Crippen LogP contribution in [0.3, 0.4) is 0 Å². The van der Waals surface area contributed by atoms with E-state index in [1.54, 1.807) is 13.3 Å². The zero-order valence-electron chi connectivity index (χ0n) is 11.4. The third-order valence-corrected chi connectivity index (χ3v) is 3.58. The lowest BCUT2D eigenvalue weighted by Gasteiger charge is -2.11.